The summed E-state index contributed by atoms with van der Waals surface area (Å²) in [5.41, 5.74) is 1.13. The first-order chi connectivity index (χ1) is 14.5. The minimum absolute atomic E-state index is 0.00835. The molecule has 0 aliphatic carbocycles. The molecule has 0 saturated carbocycles. The van der Waals surface area contributed by atoms with Crippen LogP contribution in [-0.4, -0.2) is 38.9 Å². The average molecular weight is 449 g/mol. The number of rotatable bonds is 3. The number of hydrogen-bond donors (Lipinski definition) is 1. The maximum atomic E-state index is 12.9. The molecule has 4 aromatic heterocycles. The van der Waals surface area contributed by atoms with Gasteiger partial charge in [0.1, 0.15) is 17.5 Å². The standard InChI is InChI=1S/C16H14F3N11S/c1-7-22-12-9(10(15(2,3)4)27-30(12)26-7)24-25-11-8(5-20)6-21-29(11)14-23-13(28-31-14)16(17,18)19/h6,27H,1-4H3. The molecule has 0 saturated heterocycles. The molecule has 0 bridgehead atoms. The SMILES string of the molecule is Cc1nc2c(N=Nc3c(C#N)cnn3-c3nc(C(F)(F)F)ns3)c(C(C)(C)C)[nH]n2n1. The third kappa shape index (κ3) is 3.65. The minimum Gasteiger partial charge on any atom is -0.277 e. The largest absolute Gasteiger partial charge is 0.452 e. The van der Waals surface area contributed by atoms with Gasteiger partial charge in [-0.3, -0.25) is 5.10 Å². The van der Waals surface area contributed by atoms with E-state index < -0.39 is 12.0 Å². The lowest BCUT2D eigenvalue weighted by molar-refractivity contribution is -0.144. The van der Waals surface area contributed by atoms with E-state index in [1.165, 1.54) is 10.8 Å². The molecular formula is C16H14F3N11S. The second-order valence-corrected chi connectivity index (χ2v) is 8.21. The summed E-state index contributed by atoms with van der Waals surface area (Å²) in [6, 6.07) is 1.90. The Hall–Kier alpha value is -3.67. The van der Waals surface area contributed by atoms with Crippen LogP contribution in [0.5, 0.6) is 0 Å². The number of azo groups is 1. The van der Waals surface area contributed by atoms with Crippen LogP contribution in [0.3, 0.4) is 0 Å². The molecule has 0 fully saturated rings. The molecule has 0 unspecified atom stereocenters. The molecule has 4 aromatic rings. The lowest BCUT2D eigenvalue weighted by Crippen LogP contribution is -2.12. The number of H-pyrrole nitrogens is 1. The van der Waals surface area contributed by atoms with Gasteiger partial charge in [-0.2, -0.15) is 42.2 Å². The maximum Gasteiger partial charge on any atom is 0.452 e. The number of nitriles is 1. The van der Waals surface area contributed by atoms with E-state index in [1.54, 1.807) is 6.92 Å². The monoisotopic (exact) mass is 449 g/mol. The van der Waals surface area contributed by atoms with Gasteiger partial charge in [-0.1, -0.05) is 20.8 Å². The Morgan fingerprint density at radius 2 is 1.94 bits per heavy atom. The molecule has 4 heterocycles. The van der Waals surface area contributed by atoms with Gasteiger partial charge < -0.3 is 0 Å². The quantitative estimate of drug-likeness (QED) is 0.469. The predicted octanol–water partition coefficient (Wildman–Crippen LogP) is 4.01. The van der Waals surface area contributed by atoms with Gasteiger partial charge in [-0.15, -0.1) is 15.3 Å². The summed E-state index contributed by atoms with van der Waals surface area (Å²) in [4.78, 5) is 7.79. The van der Waals surface area contributed by atoms with Crippen LogP contribution in [0, 0.1) is 18.3 Å². The molecule has 0 radical (unpaired) electrons. The van der Waals surface area contributed by atoms with E-state index in [9.17, 15) is 18.4 Å². The van der Waals surface area contributed by atoms with Crippen molar-refractivity contribution in [1.82, 2.24) is 38.9 Å². The van der Waals surface area contributed by atoms with Gasteiger partial charge in [0.05, 0.1) is 11.9 Å². The number of nitrogens with one attached hydrogen (secondary N) is 1. The van der Waals surface area contributed by atoms with Crippen molar-refractivity contribution in [2.24, 2.45) is 10.2 Å². The van der Waals surface area contributed by atoms with Crippen LogP contribution < -0.4 is 0 Å². The number of halogens is 3. The van der Waals surface area contributed by atoms with Crippen molar-refractivity contribution >= 4 is 28.7 Å². The van der Waals surface area contributed by atoms with Crippen LogP contribution in [-0.2, 0) is 11.6 Å². The van der Waals surface area contributed by atoms with Crippen LogP contribution in [0.4, 0.5) is 24.7 Å². The number of fused-ring (bicyclic) bond motifs is 1. The van der Waals surface area contributed by atoms with Gasteiger partial charge in [-0.05, 0) is 6.92 Å². The summed E-state index contributed by atoms with van der Waals surface area (Å²) in [7, 11) is 0. The van der Waals surface area contributed by atoms with Gasteiger partial charge in [0, 0.05) is 16.9 Å². The Kier molecular flexibility index (Phi) is 4.61. The number of aromatic nitrogens is 8. The zero-order chi connectivity index (χ0) is 22.6. The summed E-state index contributed by atoms with van der Waals surface area (Å²) in [5, 5.41) is 28.8. The van der Waals surface area contributed by atoms with Crippen molar-refractivity contribution < 1.29 is 13.2 Å². The summed E-state index contributed by atoms with van der Waals surface area (Å²) in [5.74, 6) is -0.868. The minimum atomic E-state index is -4.70. The summed E-state index contributed by atoms with van der Waals surface area (Å²) >= 11 is 0.480. The Morgan fingerprint density at radius 3 is 2.55 bits per heavy atom. The predicted molar refractivity (Wildman–Crippen MR) is 102 cm³/mol. The molecule has 1 N–H and O–H groups in total. The molecule has 0 aliphatic rings. The summed E-state index contributed by atoms with van der Waals surface area (Å²) in [6.07, 6.45) is -3.53. The molecule has 11 nitrogen and oxygen atoms in total. The van der Waals surface area contributed by atoms with E-state index >= 15 is 0 Å². The Labute approximate surface area is 176 Å². The maximum absolute atomic E-state index is 12.9. The molecule has 0 spiro atoms. The highest BCUT2D eigenvalue weighted by atomic mass is 32.1. The van der Waals surface area contributed by atoms with Gasteiger partial charge in [0.15, 0.2) is 11.5 Å². The second kappa shape index (κ2) is 6.94. The first kappa shape index (κ1) is 20.6. The van der Waals surface area contributed by atoms with Crippen molar-refractivity contribution in [3.63, 3.8) is 0 Å². The molecule has 15 heteroatoms. The fourth-order valence-electron chi connectivity index (χ4n) is 2.71. The van der Waals surface area contributed by atoms with Crippen LogP contribution in [0.1, 0.15) is 43.7 Å². The van der Waals surface area contributed by atoms with Crippen molar-refractivity contribution in [1.29, 1.82) is 5.26 Å². The highest BCUT2D eigenvalue weighted by Gasteiger charge is 2.36. The van der Waals surface area contributed by atoms with E-state index in [-0.39, 0.29) is 21.9 Å². The number of aryl methyl sites for hydroxylation is 1. The van der Waals surface area contributed by atoms with Crippen molar-refractivity contribution in [2.45, 2.75) is 39.3 Å². The molecule has 0 aromatic carbocycles. The fraction of sp³-hybridized carbons (Fsp3) is 0.375. The first-order valence-corrected chi connectivity index (χ1v) is 9.53. The molecule has 31 heavy (non-hydrogen) atoms. The zero-order valence-corrected chi connectivity index (χ0v) is 17.4. The normalized spacial score (nSPS) is 12.8. The van der Waals surface area contributed by atoms with Crippen molar-refractivity contribution in [3.05, 3.63) is 29.1 Å². The van der Waals surface area contributed by atoms with Crippen LogP contribution >= 0.6 is 11.5 Å². The molecule has 160 valence electrons. The fourth-order valence-corrected chi connectivity index (χ4v) is 3.36. The van der Waals surface area contributed by atoms with Crippen molar-refractivity contribution in [2.75, 3.05) is 0 Å². The van der Waals surface area contributed by atoms with Gasteiger partial charge >= 0.3 is 6.18 Å². The van der Waals surface area contributed by atoms with Gasteiger partial charge in [0.2, 0.25) is 16.6 Å². The third-order valence-corrected chi connectivity index (χ3v) is 4.78. The van der Waals surface area contributed by atoms with Gasteiger partial charge in [-0.25, -0.2) is 4.98 Å². The Balaban J connectivity index is 1.83. The average Bonchev–Trinajstić information content (AvgIpc) is 3.40. The molecule has 0 aliphatic heterocycles. The Bertz CT molecular complexity index is 1340. The lowest BCUT2D eigenvalue weighted by Gasteiger charge is -2.16. The van der Waals surface area contributed by atoms with E-state index in [2.05, 4.69) is 39.9 Å². The van der Waals surface area contributed by atoms with Crippen LogP contribution in [0.15, 0.2) is 16.4 Å². The Morgan fingerprint density at radius 1 is 1.19 bits per heavy atom. The topological polar surface area (TPSA) is 138 Å². The molecular weight excluding hydrogens is 435 g/mol. The smallest absolute Gasteiger partial charge is 0.277 e. The van der Waals surface area contributed by atoms with Crippen LogP contribution in [0.25, 0.3) is 10.8 Å². The lowest BCUT2D eigenvalue weighted by atomic mass is 9.91. The highest BCUT2D eigenvalue weighted by Crippen LogP contribution is 2.36. The van der Waals surface area contributed by atoms with Crippen LogP contribution in [0.2, 0.25) is 0 Å². The molecule has 4 rings (SSSR count). The summed E-state index contributed by atoms with van der Waals surface area (Å²) in [6.45, 7) is 7.58. The van der Waals surface area contributed by atoms with E-state index in [4.69, 9.17) is 0 Å². The zero-order valence-electron chi connectivity index (χ0n) is 16.6. The first-order valence-electron chi connectivity index (χ1n) is 8.76. The van der Waals surface area contributed by atoms with Crippen molar-refractivity contribution in [3.8, 4) is 11.2 Å². The number of nitrogens with zero attached hydrogens (tertiary/aromatic N) is 10. The number of hydrogen-bond acceptors (Lipinski definition) is 9. The third-order valence-electron chi connectivity index (χ3n) is 4.09. The molecule has 0 atom stereocenters. The van der Waals surface area contributed by atoms with E-state index in [1.807, 2.05) is 26.8 Å². The second-order valence-electron chi connectivity index (χ2n) is 7.48. The summed E-state index contributed by atoms with van der Waals surface area (Å²) < 4.78 is 44.4. The number of aromatic amines is 1. The molecule has 0 amide bonds. The van der Waals surface area contributed by atoms with E-state index in [0.29, 0.717) is 34.4 Å². The number of alkyl halides is 3. The van der Waals surface area contributed by atoms with E-state index in [0.717, 1.165) is 4.68 Å². The van der Waals surface area contributed by atoms with Gasteiger partial charge in [0.25, 0.3) is 0 Å². The highest BCUT2D eigenvalue weighted by molar-refractivity contribution is 7.08.